The van der Waals surface area contributed by atoms with Gasteiger partial charge in [-0.05, 0) is 13.0 Å². The van der Waals surface area contributed by atoms with E-state index in [1.54, 1.807) is 37.3 Å². The van der Waals surface area contributed by atoms with E-state index in [0.29, 0.717) is 11.3 Å². The van der Waals surface area contributed by atoms with E-state index in [4.69, 9.17) is 0 Å². The minimum absolute atomic E-state index is 0.0481. The molecule has 1 unspecified atom stereocenters. The van der Waals surface area contributed by atoms with Gasteiger partial charge in [0.25, 0.3) is 0 Å². The lowest BCUT2D eigenvalue weighted by atomic mass is 10.1. The number of hydrogen-bond donors (Lipinski definition) is 0. The average molecular weight is 258 g/mol. The van der Waals surface area contributed by atoms with Crippen LogP contribution in [-0.4, -0.2) is 21.3 Å². The van der Waals surface area contributed by atoms with Gasteiger partial charge in [-0.25, -0.2) is 9.97 Å². The lowest BCUT2D eigenvalue weighted by molar-refractivity contribution is 0.102. The molecular weight excluding hydrogens is 247 g/mol. The molecule has 1 atom stereocenters. The molecule has 1 aromatic carbocycles. The van der Waals surface area contributed by atoms with Gasteiger partial charge in [0.15, 0.2) is 5.52 Å². The van der Waals surface area contributed by atoms with Crippen molar-refractivity contribution >= 4 is 20.5 Å². The van der Waals surface area contributed by atoms with Gasteiger partial charge in [-0.3, -0.25) is 9.59 Å². The molecule has 18 heavy (non-hydrogen) atoms. The number of aryl methyl sites for hydroxylation is 1. The molecule has 90 valence electrons. The normalized spacial score (nSPS) is 10.1. The van der Waals surface area contributed by atoms with Crippen LogP contribution < -0.4 is 0 Å². The standard InChI is InChI=1S/C13H11N2O2P/c1-8-7-10(13(17)18)15-12(14-8)11(16)9-5-3-2-4-6-9/h2-7H,18H2,1H3. The molecule has 0 saturated carbocycles. The monoisotopic (exact) mass is 258 g/mol. The van der Waals surface area contributed by atoms with Gasteiger partial charge in [-0.2, -0.15) is 0 Å². The van der Waals surface area contributed by atoms with E-state index < -0.39 is 0 Å². The van der Waals surface area contributed by atoms with E-state index >= 15 is 0 Å². The summed E-state index contributed by atoms with van der Waals surface area (Å²) in [6.07, 6.45) is 0. The zero-order valence-corrected chi connectivity index (χ0v) is 10.9. The van der Waals surface area contributed by atoms with Crippen LogP contribution >= 0.6 is 9.24 Å². The summed E-state index contributed by atoms with van der Waals surface area (Å²) in [6.45, 7) is 1.72. The summed E-state index contributed by atoms with van der Waals surface area (Å²) >= 11 is 0. The fraction of sp³-hybridized carbons (Fsp3) is 0.0769. The zero-order chi connectivity index (χ0) is 13.1. The Kier molecular flexibility index (Phi) is 3.58. The van der Waals surface area contributed by atoms with Crippen molar-refractivity contribution in [3.63, 3.8) is 0 Å². The quantitative estimate of drug-likeness (QED) is 0.624. The molecule has 1 heterocycles. The number of carbonyl (C=O) groups excluding carboxylic acids is 2. The first-order chi connectivity index (χ1) is 8.58. The number of benzene rings is 1. The Labute approximate surface area is 107 Å². The maximum atomic E-state index is 12.1. The fourth-order valence-corrected chi connectivity index (χ4v) is 1.66. The Morgan fingerprint density at radius 3 is 2.39 bits per heavy atom. The largest absolute Gasteiger partial charge is 0.288 e. The minimum atomic E-state index is -0.285. The first kappa shape index (κ1) is 12.5. The highest BCUT2D eigenvalue weighted by Crippen LogP contribution is 2.10. The molecule has 0 N–H and O–H groups in total. The lowest BCUT2D eigenvalue weighted by Crippen LogP contribution is -2.11. The molecule has 2 aromatic rings. The SMILES string of the molecule is Cc1cc(C(=O)P)nc(C(=O)c2ccccc2)n1. The van der Waals surface area contributed by atoms with Crippen molar-refractivity contribution in [1.29, 1.82) is 0 Å². The molecule has 0 bridgehead atoms. The topological polar surface area (TPSA) is 59.9 Å². The van der Waals surface area contributed by atoms with Crippen molar-refractivity contribution in [2.45, 2.75) is 6.92 Å². The summed E-state index contributed by atoms with van der Waals surface area (Å²) in [4.78, 5) is 31.4. The summed E-state index contributed by atoms with van der Waals surface area (Å²) in [7, 11) is 2.04. The van der Waals surface area contributed by atoms with Crippen molar-refractivity contribution < 1.29 is 9.59 Å². The molecule has 5 heteroatoms. The third kappa shape index (κ3) is 2.66. The Hall–Kier alpha value is -1.93. The zero-order valence-electron chi connectivity index (χ0n) is 9.75. The van der Waals surface area contributed by atoms with Gasteiger partial charge >= 0.3 is 0 Å². The summed E-state index contributed by atoms with van der Waals surface area (Å²) < 4.78 is 0. The van der Waals surface area contributed by atoms with E-state index in [2.05, 4.69) is 9.97 Å². The van der Waals surface area contributed by atoms with E-state index in [-0.39, 0.29) is 22.8 Å². The molecule has 0 radical (unpaired) electrons. The van der Waals surface area contributed by atoms with Gasteiger partial charge in [-0.1, -0.05) is 39.6 Å². The Bertz CT molecular complexity index is 612. The van der Waals surface area contributed by atoms with Crippen molar-refractivity contribution in [1.82, 2.24) is 9.97 Å². The summed E-state index contributed by atoms with van der Waals surface area (Å²) in [5.41, 5.74) is 1.06. The van der Waals surface area contributed by atoms with Crippen LogP contribution in [0, 0.1) is 6.92 Å². The Morgan fingerprint density at radius 1 is 1.11 bits per heavy atom. The predicted molar refractivity (Wildman–Crippen MR) is 70.7 cm³/mol. The Morgan fingerprint density at radius 2 is 1.78 bits per heavy atom. The lowest BCUT2D eigenvalue weighted by Gasteiger charge is -2.03. The van der Waals surface area contributed by atoms with E-state index in [9.17, 15) is 9.59 Å². The number of carbonyl (C=O) groups is 2. The summed E-state index contributed by atoms with van der Waals surface area (Å²) in [5, 5.41) is 0. The molecule has 0 aliphatic carbocycles. The van der Waals surface area contributed by atoms with Crippen LogP contribution in [0.15, 0.2) is 36.4 Å². The molecule has 2 rings (SSSR count). The minimum Gasteiger partial charge on any atom is -0.288 e. The third-order valence-electron chi connectivity index (χ3n) is 2.35. The highest BCUT2D eigenvalue weighted by molar-refractivity contribution is 7.41. The molecule has 0 saturated heterocycles. The maximum Gasteiger partial charge on any atom is 0.230 e. The Balaban J connectivity index is 2.46. The second kappa shape index (κ2) is 5.15. The van der Waals surface area contributed by atoms with Gasteiger partial charge in [0.1, 0.15) is 5.69 Å². The second-order valence-corrected chi connectivity index (χ2v) is 4.30. The third-order valence-corrected chi connectivity index (χ3v) is 2.64. The predicted octanol–water partition coefficient (Wildman–Crippen LogP) is 2.03. The van der Waals surface area contributed by atoms with Crippen LogP contribution in [-0.2, 0) is 0 Å². The molecular formula is C13H11N2O2P. The van der Waals surface area contributed by atoms with Crippen LogP contribution in [0.4, 0.5) is 0 Å². The molecule has 0 aliphatic heterocycles. The number of hydrogen-bond acceptors (Lipinski definition) is 4. The second-order valence-electron chi connectivity index (χ2n) is 3.78. The molecule has 4 nitrogen and oxygen atoms in total. The van der Waals surface area contributed by atoms with Gasteiger partial charge < -0.3 is 0 Å². The molecule has 0 amide bonds. The van der Waals surface area contributed by atoms with Gasteiger partial charge in [0, 0.05) is 11.3 Å². The smallest absolute Gasteiger partial charge is 0.230 e. The van der Waals surface area contributed by atoms with Crippen molar-refractivity contribution in [2.24, 2.45) is 0 Å². The van der Waals surface area contributed by atoms with Crippen LogP contribution in [0.3, 0.4) is 0 Å². The number of ketones is 1. The van der Waals surface area contributed by atoms with Crippen molar-refractivity contribution in [3.8, 4) is 0 Å². The first-order valence-electron chi connectivity index (χ1n) is 5.33. The highest BCUT2D eigenvalue weighted by atomic mass is 31.0. The summed E-state index contributed by atoms with van der Waals surface area (Å²) in [5.74, 6) is -0.237. The molecule has 0 spiro atoms. The van der Waals surface area contributed by atoms with Gasteiger partial charge in [0.2, 0.25) is 11.6 Å². The number of aromatic nitrogens is 2. The molecule has 0 fully saturated rings. The molecule has 1 aromatic heterocycles. The highest BCUT2D eigenvalue weighted by Gasteiger charge is 2.14. The average Bonchev–Trinajstić information content (AvgIpc) is 2.38. The summed E-state index contributed by atoms with van der Waals surface area (Å²) in [6, 6.07) is 10.3. The van der Waals surface area contributed by atoms with Crippen LogP contribution in [0.1, 0.15) is 32.4 Å². The molecule has 0 aliphatic rings. The van der Waals surface area contributed by atoms with Crippen LogP contribution in [0.2, 0.25) is 0 Å². The number of nitrogens with zero attached hydrogens (tertiary/aromatic N) is 2. The van der Waals surface area contributed by atoms with Gasteiger partial charge in [-0.15, -0.1) is 0 Å². The van der Waals surface area contributed by atoms with E-state index in [1.165, 1.54) is 0 Å². The van der Waals surface area contributed by atoms with Crippen LogP contribution in [0.25, 0.3) is 0 Å². The van der Waals surface area contributed by atoms with Gasteiger partial charge in [0.05, 0.1) is 0 Å². The van der Waals surface area contributed by atoms with E-state index in [1.807, 2.05) is 15.3 Å². The first-order valence-corrected chi connectivity index (χ1v) is 5.91. The fourth-order valence-electron chi connectivity index (χ4n) is 1.51. The van der Waals surface area contributed by atoms with Crippen molar-refractivity contribution in [3.05, 3.63) is 59.2 Å². The number of rotatable bonds is 3. The van der Waals surface area contributed by atoms with Crippen LogP contribution in [0.5, 0.6) is 0 Å². The van der Waals surface area contributed by atoms with E-state index in [0.717, 1.165) is 0 Å². The maximum absolute atomic E-state index is 12.1. The van der Waals surface area contributed by atoms with Crippen molar-refractivity contribution in [2.75, 3.05) is 0 Å².